The number of hydrogen-bond donors (Lipinski definition) is 0. The molecule has 21 heavy (non-hydrogen) atoms. The lowest BCUT2D eigenvalue weighted by Gasteiger charge is -2.42. The molecule has 0 aromatic heterocycles. The molecule has 2 unspecified atom stereocenters. The third kappa shape index (κ3) is 4.06. The summed E-state index contributed by atoms with van der Waals surface area (Å²) >= 11 is 0. The van der Waals surface area contributed by atoms with E-state index in [4.69, 9.17) is 13.3 Å². The molecule has 0 aromatic carbocycles. The molecule has 1 rings (SSSR count). The molecular formula is C17H32O3Si. The monoisotopic (exact) mass is 312 g/mol. The van der Waals surface area contributed by atoms with Gasteiger partial charge in [-0.15, -0.1) is 0 Å². The van der Waals surface area contributed by atoms with Gasteiger partial charge in [0.25, 0.3) is 0 Å². The van der Waals surface area contributed by atoms with Gasteiger partial charge in [0.1, 0.15) is 0 Å². The van der Waals surface area contributed by atoms with Crippen molar-refractivity contribution in [2.45, 2.75) is 54.4 Å². The molecule has 0 heterocycles. The predicted octanol–water partition coefficient (Wildman–Crippen LogP) is 4.51. The van der Waals surface area contributed by atoms with Crippen LogP contribution in [0.2, 0.25) is 0 Å². The summed E-state index contributed by atoms with van der Waals surface area (Å²) in [4.78, 5) is 0. The first kappa shape index (κ1) is 18.6. The van der Waals surface area contributed by atoms with Gasteiger partial charge in [0.05, 0.1) is 0 Å². The summed E-state index contributed by atoms with van der Waals surface area (Å²) in [5, 5.41) is 1.23. The van der Waals surface area contributed by atoms with Crippen molar-refractivity contribution >= 4 is 8.80 Å². The van der Waals surface area contributed by atoms with Crippen LogP contribution >= 0.6 is 0 Å². The van der Waals surface area contributed by atoms with Crippen LogP contribution in [0.1, 0.15) is 54.4 Å². The molecule has 122 valence electrons. The zero-order valence-electron chi connectivity index (χ0n) is 14.6. The normalized spacial score (nSPS) is 26.0. The van der Waals surface area contributed by atoms with Gasteiger partial charge in [0.2, 0.25) is 0 Å². The van der Waals surface area contributed by atoms with Gasteiger partial charge in [0.15, 0.2) is 0 Å². The van der Waals surface area contributed by atoms with E-state index in [9.17, 15) is 0 Å². The summed E-state index contributed by atoms with van der Waals surface area (Å²) in [5.41, 5.74) is 0.155. The van der Waals surface area contributed by atoms with Crippen LogP contribution in [0.25, 0.3) is 0 Å². The molecule has 0 spiro atoms. The molecule has 3 nitrogen and oxygen atoms in total. The third-order valence-corrected chi connectivity index (χ3v) is 7.67. The van der Waals surface area contributed by atoms with E-state index in [2.05, 4.69) is 39.0 Å². The molecule has 4 heteroatoms. The Labute approximate surface area is 131 Å². The second-order valence-corrected chi connectivity index (χ2v) is 8.37. The van der Waals surface area contributed by atoms with Crippen molar-refractivity contribution in [1.82, 2.24) is 0 Å². The maximum Gasteiger partial charge on any atom is 0.533 e. The van der Waals surface area contributed by atoms with Gasteiger partial charge in [-0.2, -0.15) is 0 Å². The number of rotatable bonds is 9. The van der Waals surface area contributed by atoms with Crippen LogP contribution in [-0.4, -0.2) is 28.6 Å². The van der Waals surface area contributed by atoms with Crippen LogP contribution in [0.5, 0.6) is 0 Å². The van der Waals surface area contributed by atoms with Crippen molar-refractivity contribution in [3.8, 4) is 0 Å². The zero-order chi connectivity index (χ0) is 15.9. The smallest absolute Gasteiger partial charge is 0.370 e. The highest BCUT2D eigenvalue weighted by atomic mass is 28.4. The molecule has 0 saturated heterocycles. The van der Waals surface area contributed by atoms with Crippen molar-refractivity contribution in [2.75, 3.05) is 19.8 Å². The van der Waals surface area contributed by atoms with Gasteiger partial charge >= 0.3 is 8.80 Å². The summed E-state index contributed by atoms with van der Waals surface area (Å²) in [7, 11) is -2.77. The maximum absolute atomic E-state index is 6.08. The van der Waals surface area contributed by atoms with Crippen LogP contribution in [0.3, 0.4) is 0 Å². The van der Waals surface area contributed by atoms with Gasteiger partial charge < -0.3 is 13.3 Å². The molecule has 1 aliphatic carbocycles. The standard InChI is InChI=1S/C17H32O3Si/c1-7-13-17(6)14-11-12-16(15(17)5)21(18-8-2,19-9-3)20-10-4/h11-12,14-15H,7-10,13H2,1-6H3. The Morgan fingerprint density at radius 2 is 1.57 bits per heavy atom. The van der Waals surface area contributed by atoms with Gasteiger partial charge in [0, 0.05) is 25.0 Å². The Bertz CT molecular complexity index is 361. The predicted molar refractivity (Wildman–Crippen MR) is 90.0 cm³/mol. The fourth-order valence-electron chi connectivity index (χ4n) is 3.17. The molecule has 0 radical (unpaired) electrons. The Morgan fingerprint density at radius 1 is 1.05 bits per heavy atom. The summed E-state index contributed by atoms with van der Waals surface area (Å²) in [5.74, 6) is 0.374. The molecule has 1 aliphatic rings. The average Bonchev–Trinajstić information content (AvgIpc) is 2.43. The lowest BCUT2D eigenvalue weighted by Crippen LogP contribution is -2.52. The molecule has 0 saturated carbocycles. The van der Waals surface area contributed by atoms with E-state index in [0.717, 1.165) is 6.42 Å². The van der Waals surface area contributed by atoms with Crippen molar-refractivity contribution < 1.29 is 13.3 Å². The van der Waals surface area contributed by atoms with Crippen LogP contribution in [0.4, 0.5) is 0 Å². The van der Waals surface area contributed by atoms with Crippen molar-refractivity contribution in [3.05, 3.63) is 23.4 Å². The maximum atomic E-state index is 6.08. The fraction of sp³-hybridized carbons (Fsp3) is 0.765. The Kier molecular flexibility index (Phi) is 7.34. The van der Waals surface area contributed by atoms with E-state index in [1.165, 1.54) is 11.6 Å². The van der Waals surface area contributed by atoms with E-state index >= 15 is 0 Å². The first-order valence-corrected chi connectivity index (χ1v) is 10.0. The van der Waals surface area contributed by atoms with Gasteiger partial charge in [-0.1, -0.05) is 45.4 Å². The Balaban J connectivity index is 3.17. The van der Waals surface area contributed by atoms with Gasteiger partial charge in [-0.05, 0) is 38.5 Å². The van der Waals surface area contributed by atoms with E-state index < -0.39 is 8.80 Å². The average molecular weight is 313 g/mol. The van der Waals surface area contributed by atoms with Gasteiger partial charge in [-0.3, -0.25) is 0 Å². The van der Waals surface area contributed by atoms with Crippen LogP contribution in [0.15, 0.2) is 23.4 Å². The minimum Gasteiger partial charge on any atom is -0.370 e. The van der Waals surface area contributed by atoms with Gasteiger partial charge in [-0.25, -0.2) is 0 Å². The van der Waals surface area contributed by atoms with Crippen molar-refractivity contribution in [2.24, 2.45) is 11.3 Å². The van der Waals surface area contributed by atoms with E-state index in [0.29, 0.717) is 25.7 Å². The molecule has 0 fully saturated rings. The van der Waals surface area contributed by atoms with Crippen molar-refractivity contribution in [1.29, 1.82) is 0 Å². The Morgan fingerprint density at radius 3 is 2.00 bits per heavy atom. The molecule has 0 N–H and O–H groups in total. The zero-order valence-corrected chi connectivity index (χ0v) is 15.6. The lowest BCUT2D eigenvalue weighted by atomic mass is 9.72. The minimum atomic E-state index is -2.77. The third-order valence-electron chi connectivity index (χ3n) is 4.35. The quantitative estimate of drug-likeness (QED) is 0.586. The molecule has 0 bridgehead atoms. The molecule has 0 aromatic rings. The van der Waals surface area contributed by atoms with Crippen LogP contribution in [-0.2, 0) is 13.3 Å². The van der Waals surface area contributed by atoms with Crippen LogP contribution < -0.4 is 0 Å². The molecular weight excluding hydrogens is 280 g/mol. The Hall–Kier alpha value is -0.423. The highest BCUT2D eigenvalue weighted by Crippen LogP contribution is 2.44. The summed E-state index contributed by atoms with van der Waals surface area (Å²) in [6.45, 7) is 14.7. The lowest BCUT2D eigenvalue weighted by molar-refractivity contribution is 0.0741. The molecule has 0 amide bonds. The topological polar surface area (TPSA) is 27.7 Å². The summed E-state index contributed by atoms with van der Waals surface area (Å²) in [6, 6.07) is 0. The minimum absolute atomic E-state index is 0.155. The van der Waals surface area contributed by atoms with E-state index in [1.807, 2.05) is 20.8 Å². The first-order valence-electron chi connectivity index (χ1n) is 8.31. The van der Waals surface area contributed by atoms with Crippen molar-refractivity contribution in [3.63, 3.8) is 0 Å². The second-order valence-electron chi connectivity index (χ2n) is 5.81. The summed E-state index contributed by atoms with van der Waals surface area (Å²) in [6.07, 6.45) is 8.98. The fourth-order valence-corrected chi connectivity index (χ4v) is 6.22. The SMILES string of the molecule is CCCC1(C)C=CC=C([Si](OCC)(OCC)OCC)C1C. The molecule has 0 aliphatic heterocycles. The number of hydrogen-bond acceptors (Lipinski definition) is 3. The highest BCUT2D eigenvalue weighted by Gasteiger charge is 2.50. The first-order chi connectivity index (χ1) is 9.99. The summed E-state index contributed by atoms with van der Waals surface area (Å²) < 4.78 is 18.3. The number of allylic oxidation sites excluding steroid dienone is 4. The largest absolute Gasteiger partial charge is 0.533 e. The highest BCUT2D eigenvalue weighted by molar-refractivity contribution is 6.69. The second kappa shape index (κ2) is 8.27. The molecule has 2 atom stereocenters. The van der Waals surface area contributed by atoms with Crippen LogP contribution in [0, 0.1) is 11.3 Å². The van der Waals surface area contributed by atoms with E-state index in [-0.39, 0.29) is 5.41 Å². The van der Waals surface area contributed by atoms with E-state index in [1.54, 1.807) is 0 Å².